The molecule has 25 heavy (non-hydrogen) atoms. The van der Waals surface area contributed by atoms with Crippen LogP contribution < -0.4 is 5.56 Å². The van der Waals surface area contributed by atoms with Crippen molar-refractivity contribution in [3.63, 3.8) is 0 Å². The Morgan fingerprint density at radius 1 is 1.08 bits per heavy atom. The second-order valence-corrected chi connectivity index (χ2v) is 6.00. The minimum absolute atomic E-state index is 0.124. The van der Waals surface area contributed by atoms with Crippen LogP contribution in [0.5, 0.6) is 0 Å². The molecule has 1 N–H and O–H groups in total. The summed E-state index contributed by atoms with van der Waals surface area (Å²) in [5, 5.41) is 9.78. The van der Waals surface area contributed by atoms with Gasteiger partial charge in [0.15, 0.2) is 0 Å². The average molecular weight is 365 g/mol. The summed E-state index contributed by atoms with van der Waals surface area (Å²) in [6, 6.07) is 2.60. The van der Waals surface area contributed by atoms with Crippen molar-refractivity contribution in [2.75, 3.05) is 0 Å². The molecule has 1 aromatic carbocycles. The summed E-state index contributed by atoms with van der Waals surface area (Å²) in [5.41, 5.74) is -5.74. The summed E-state index contributed by atoms with van der Waals surface area (Å²) in [6.07, 6.45) is -11.5. The van der Waals surface area contributed by atoms with Crippen molar-refractivity contribution in [3.05, 3.63) is 45.2 Å². The van der Waals surface area contributed by atoms with Crippen molar-refractivity contribution < 1.29 is 31.4 Å². The highest BCUT2D eigenvalue weighted by atomic mass is 19.4. The molecule has 0 saturated carbocycles. The van der Waals surface area contributed by atoms with Crippen molar-refractivity contribution >= 4 is 10.9 Å². The van der Waals surface area contributed by atoms with E-state index >= 15 is 0 Å². The van der Waals surface area contributed by atoms with Crippen molar-refractivity contribution in [1.29, 1.82) is 0 Å². The minimum atomic E-state index is -5.94. The van der Waals surface area contributed by atoms with Crippen molar-refractivity contribution in [1.82, 2.24) is 4.57 Å². The van der Waals surface area contributed by atoms with Gasteiger partial charge in [0.1, 0.15) is 0 Å². The lowest BCUT2D eigenvalue weighted by molar-refractivity contribution is -0.376. The van der Waals surface area contributed by atoms with Gasteiger partial charge >= 0.3 is 12.4 Å². The molecule has 9 heteroatoms. The van der Waals surface area contributed by atoms with Gasteiger partial charge < -0.3 is 9.67 Å². The lowest BCUT2D eigenvalue weighted by atomic mass is 9.88. The number of hydrogen-bond acceptors (Lipinski definition) is 2. The summed E-state index contributed by atoms with van der Waals surface area (Å²) in [6.45, 7) is 1.82. The molecule has 2 heterocycles. The van der Waals surface area contributed by atoms with Crippen LogP contribution in [0.2, 0.25) is 0 Å². The quantitative estimate of drug-likeness (QED) is 0.829. The van der Waals surface area contributed by atoms with Crippen LogP contribution in [0.3, 0.4) is 0 Å². The molecular weight excluding hydrogens is 352 g/mol. The Balaban J connectivity index is 2.41. The van der Waals surface area contributed by atoms with Crippen LogP contribution >= 0.6 is 0 Å². The summed E-state index contributed by atoms with van der Waals surface area (Å²) < 4.78 is 80.3. The smallest absolute Gasteiger partial charge is 0.369 e. The van der Waals surface area contributed by atoms with Gasteiger partial charge in [-0.1, -0.05) is 13.0 Å². The Bertz CT molecular complexity index is 896. The van der Waals surface area contributed by atoms with E-state index in [0.717, 1.165) is 0 Å². The molecule has 3 nitrogen and oxygen atoms in total. The number of pyridine rings is 1. The molecule has 0 saturated heterocycles. The highest BCUT2D eigenvalue weighted by molar-refractivity contribution is 5.87. The molecule has 1 aliphatic rings. The number of rotatable bonds is 2. The van der Waals surface area contributed by atoms with Crippen LogP contribution in [0.4, 0.5) is 26.3 Å². The Morgan fingerprint density at radius 2 is 1.68 bits per heavy atom. The van der Waals surface area contributed by atoms with Gasteiger partial charge in [-0.3, -0.25) is 4.79 Å². The van der Waals surface area contributed by atoms with Gasteiger partial charge in [0.25, 0.3) is 11.2 Å². The van der Waals surface area contributed by atoms with Crippen LogP contribution in [-0.2, 0) is 25.0 Å². The van der Waals surface area contributed by atoms with Crippen LogP contribution in [-0.4, -0.2) is 22.0 Å². The van der Waals surface area contributed by atoms with E-state index in [1.165, 1.54) is 10.6 Å². The van der Waals surface area contributed by atoms with E-state index in [9.17, 15) is 36.2 Å². The third kappa shape index (κ3) is 2.36. The van der Waals surface area contributed by atoms with Gasteiger partial charge in [-0.05, 0) is 30.0 Å². The molecular formula is C16H13F6NO2. The SMILES string of the molecule is CCc1cc(=O)n2c3c(cc(C(O)(C(F)(F)F)C(F)(F)F)cc13)CC2. The van der Waals surface area contributed by atoms with Crippen LogP contribution in [0.25, 0.3) is 10.9 Å². The number of aliphatic hydroxyl groups is 1. The monoisotopic (exact) mass is 365 g/mol. The second kappa shape index (κ2) is 5.23. The van der Waals surface area contributed by atoms with Gasteiger partial charge in [-0.15, -0.1) is 0 Å². The van der Waals surface area contributed by atoms with E-state index < -0.39 is 23.5 Å². The fourth-order valence-electron chi connectivity index (χ4n) is 3.31. The number of hydrogen-bond donors (Lipinski definition) is 1. The summed E-state index contributed by atoms with van der Waals surface area (Å²) >= 11 is 0. The summed E-state index contributed by atoms with van der Waals surface area (Å²) in [4.78, 5) is 12.0. The molecule has 0 fully saturated rings. The Hall–Kier alpha value is -2.03. The molecule has 0 amide bonds. The standard InChI is InChI=1S/C16H13F6NO2/c1-2-8-6-12(24)23-4-3-9-5-10(7-11(8)13(9)23)14(25,15(17,18)19)16(20,21)22/h5-7,25H,2-4H2,1H3. The van der Waals surface area contributed by atoms with E-state index in [4.69, 9.17) is 0 Å². The third-order valence-corrected chi connectivity index (χ3v) is 4.59. The van der Waals surface area contributed by atoms with Crippen LogP contribution in [0, 0.1) is 0 Å². The maximum Gasteiger partial charge on any atom is 0.430 e. The number of alkyl halides is 6. The zero-order chi connectivity index (χ0) is 18.8. The van der Waals surface area contributed by atoms with Gasteiger partial charge in [-0.2, -0.15) is 26.3 Å². The first-order valence-corrected chi connectivity index (χ1v) is 7.47. The summed E-state index contributed by atoms with van der Waals surface area (Å²) in [5.74, 6) is 0. The van der Waals surface area contributed by atoms with Crippen molar-refractivity contribution in [3.8, 4) is 0 Å². The van der Waals surface area contributed by atoms with E-state index in [-0.39, 0.29) is 35.9 Å². The minimum Gasteiger partial charge on any atom is -0.369 e. The molecule has 0 spiro atoms. The van der Waals surface area contributed by atoms with Gasteiger partial charge in [0.2, 0.25) is 0 Å². The first-order valence-electron chi connectivity index (χ1n) is 7.47. The predicted octanol–water partition coefficient (Wildman–Crippen LogP) is 3.43. The Morgan fingerprint density at radius 3 is 2.20 bits per heavy atom. The van der Waals surface area contributed by atoms with E-state index in [1.807, 2.05) is 0 Å². The van der Waals surface area contributed by atoms with Gasteiger partial charge in [-0.25, -0.2) is 0 Å². The van der Waals surface area contributed by atoms with E-state index in [0.29, 0.717) is 23.2 Å². The fourth-order valence-corrected chi connectivity index (χ4v) is 3.31. The lowest BCUT2D eigenvalue weighted by Gasteiger charge is -2.33. The third-order valence-electron chi connectivity index (χ3n) is 4.59. The number of benzene rings is 1. The Labute approximate surface area is 137 Å². The normalized spacial score (nSPS) is 15.2. The highest BCUT2D eigenvalue weighted by Crippen LogP contribution is 2.51. The molecule has 0 bridgehead atoms. The number of aryl methyl sites for hydroxylation is 3. The maximum atomic E-state index is 13.2. The molecule has 2 aromatic rings. The van der Waals surface area contributed by atoms with Gasteiger partial charge in [0.05, 0.1) is 5.52 Å². The zero-order valence-corrected chi connectivity index (χ0v) is 12.9. The van der Waals surface area contributed by atoms with Crippen LogP contribution in [0.15, 0.2) is 23.0 Å². The van der Waals surface area contributed by atoms with Gasteiger partial charge in [0, 0.05) is 23.6 Å². The molecule has 3 rings (SSSR count). The zero-order valence-electron chi connectivity index (χ0n) is 12.9. The predicted molar refractivity (Wildman–Crippen MR) is 77.3 cm³/mol. The van der Waals surface area contributed by atoms with Crippen molar-refractivity contribution in [2.45, 2.75) is 44.3 Å². The largest absolute Gasteiger partial charge is 0.430 e. The number of halogens is 6. The van der Waals surface area contributed by atoms with Crippen LogP contribution in [0.1, 0.15) is 23.6 Å². The number of aromatic nitrogens is 1. The van der Waals surface area contributed by atoms with Crippen molar-refractivity contribution in [2.24, 2.45) is 0 Å². The average Bonchev–Trinajstić information content (AvgIpc) is 2.92. The lowest BCUT2D eigenvalue weighted by Crippen LogP contribution is -2.54. The first-order chi connectivity index (χ1) is 11.4. The van der Waals surface area contributed by atoms with E-state index in [1.54, 1.807) is 6.92 Å². The Kier molecular flexibility index (Phi) is 3.72. The first kappa shape index (κ1) is 17.8. The second-order valence-electron chi connectivity index (χ2n) is 6.00. The maximum absolute atomic E-state index is 13.2. The van der Waals surface area contributed by atoms with E-state index in [2.05, 4.69) is 0 Å². The number of nitrogens with zero attached hydrogens (tertiary/aromatic N) is 1. The molecule has 0 unspecified atom stereocenters. The molecule has 0 aliphatic carbocycles. The topological polar surface area (TPSA) is 42.2 Å². The summed E-state index contributed by atoms with van der Waals surface area (Å²) in [7, 11) is 0. The highest BCUT2D eigenvalue weighted by Gasteiger charge is 2.71. The molecule has 0 atom stereocenters. The molecule has 136 valence electrons. The fraction of sp³-hybridized carbons (Fsp3) is 0.438. The molecule has 0 radical (unpaired) electrons. The molecule has 1 aliphatic heterocycles. The molecule has 1 aromatic heterocycles.